The summed E-state index contributed by atoms with van der Waals surface area (Å²) >= 11 is 0. The first-order valence-electron chi connectivity index (χ1n) is 8.37. The van der Waals surface area contributed by atoms with Crippen LogP contribution in [-0.2, 0) is 9.53 Å². The van der Waals surface area contributed by atoms with Gasteiger partial charge in [-0.3, -0.25) is 4.79 Å². The van der Waals surface area contributed by atoms with E-state index >= 15 is 0 Å². The van der Waals surface area contributed by atoms with Crippen LogP contribution in [0.25, 0.3) is 5.57 Å². The number of carbonyl (C=O) groups is 2. The number of unbranched alkanes of at least 4 members (excludes halogenated alkanes) is 1. The molecule has 0 radical (unpaired) electrons. The average molecular weight is 315 g/mol. The summed E-state index contributed by atoms with van der Waals surface area (Å²) in [5, 5.41) is 3.03. The van der Waals surface area contributed by atoms with E-state index in [1.807, 2.05) is 18.2 Å². The van der Waals surface area contributed by atoms with E-state index in [-0.39, 0.29) is 23.8 Å². The summed E-state index contributed by atoms with van der Waals surface area (Å²) in [6.45, 7) is 6.64. The lowest BCUT2D eigenvalue weighted by molar-refractivity contribution is -0.137. The Kier molecular flexibility index (Phi) is 5.97. The number of fused-ring (bicyclic) bond motifs is 1. The van der Waals surface area contributed by atoms with Crippen molar-refractivity contribution in [2.24, 2.45) is 5.92 Å². The number of ether oxygens (including phenoxy) is 1. The predicted octanol–water partition coefficient (Wildman–Crippen LogP) is 3.57. The molecule has 2 atom stereocenters. The fraction of sp³-hybridized carbons (Fsp3) is 0.474. The smallest absolute Gasteiger partial charge is 0.331 e. The summed E-state index contributed by atoms with van der Waals surface area (Å²) in [5.41, 5.74) is 2.28. The van der Waals surface area contributed by atoms with Crippen molar-refractivity contribution in [3.63, 3.8) is 0 Å². The number of benzene rings is 1. The van der Waals surface area contributed by atoms with Crippen molar-refractivity contribution in [2.45, 2.75) is 46.1 Å². The van der Waals surface area contributed by atoms with Crippen LogP contribution >= 0.6 is 0 Å². The van der Waals surface area contributed by atoms with Crippen LogP contribution in [0.1, 0.15) is 56.0 Å². The number of esters is 1. The summed E-state index contributed by atoms with van der Waals surface area (Å²) in [7, 11) is 0. The standard InChI is InChI=1S/C19H25NO3/c1-4-6-11-23-17(21)12-16-14-9-7-8-10-15(14)19(22)20-18(16)13(3)5-2/h7-10,12-13,18H,4-6,11H2,1-3H3,(H,20,22)/b16-12+/t13-,18?/m0/s1. The minimum Gasteiger partial charge on any atom is -0.463 e. The monoisotopic (exact) mass is 315 g/mol. The highest BCUT2D eigenvalue weighted by atomic mass is 16.5. The van der Waals surface area contributed by atoms with Gasteiger partial charge in [0.15, 0.2) is 0 Å². The molecule has 2 rings (SSSR count). The SMILES string of the molecule is CCCCOC(=O)/C=C1\c2ccccc2C(=O)NC1[C@@H](C)CC. The first-order valence-corrected chi connectivity index (χ1v) is 8.37. The van der Waals surface area contributed by atoms with E-state index in [0.717, 1.165) is 30.4 Å². The second kappa shape index (κ2) is 7.95. The largest absolute Gasteiger partial charge is 0.463 e. The van der Waals surface area contributed by atoms with Gasteiger partial charge in [0, 0.05) is 11.6 Å². The van der Waals surface area contributed by atoms with Gasteiger partial charge < -0.3 is 10.1 Å². The molecular weight excluding hydrogens is 290 g/mol. The van der Waals surface area contributed by atoms with Crippen molar-refractivity contribution >= 4 is 17.4 Å². The summed E-state index contributed by atoms with van der Waals surface area (Å²) < 4.78 is 5.26. The molecule has 1 aliphatic heterocycles. The molecule has 4 nitrogen and oxygen atoms in total. The van der Waals surface area contributed by atoms with Crippen LogP contribution in [0.15, 0.2) is 30.3 Å². The molecule has 1 aromatic rings. The van der Waals surface area contributed by atoms with E-state index in [9.17, 15) is 9.59 Å². The molecule has 0 saturated carbocycles. The van der Waals surface area contributed by atoms with Crippen LogP contribution in [0.4, 0.5) is 0 Å². The third kappa shape index (κ3) is 4.01. The van der Waals surface area contributed by atoms with Gasteiger partial charge in [-0.05, 0) is 29.5 Å². The van der Waals surface area contributed by atoms with Crippen molar-refractivity contribution in [1.29, 1.82) is 0 Å². The molecule has 0 aromatic heterocycles. The Morgan fingerprint density at radius 1 is 1.30 bits per heavy atom. The van der Waals surface area contributed by atoms with Gasteiger partial charge in [-0.25, -0.2) is 4.79 Å². The Labute approximate surface area is 137 Å². The lowest BCUT2D eigenvalue weighted by Crippen LogP contribution is -2.44. The van der Waals surface area contributed by atoms with E-state index < -0.39 is 0 Å². The highest BCUT2D eigenvalue weighted by Crippen LogP contribution is 2.31. The minimum absolute atomic E-state index is 0.0811. The Hall–Kier alpha value is -2.10. The number of amides is 1. The van der Waals surface area contributed by atoms with Crippen LogP contribution in [0.2, 0.25) is 0 Å². The highest BCUT2D eigenvalue weighted by molar-refractivity contribution is 6.06. The summed E-state index contributed by atoms with van der Waals surface area (Å²) in [6, 6.07) is 7.24. The van der Waals surface area contributed by atoms with Crippen LogP contribution in [0.3, 0.4) is 0 Å². The zero-order valence-electron chi connectivity index (χ0n) is 14.1. The molecule has 1 aromatic carbocycles. The molecule has 23 heavy (non-hydrogen) atoms. The van der Waals surface area contributed by atoms with E-state index in [2.05, 4.69) is 26.1 Å². The van der Waals surface area contributed by atoms with Gasteiger partial charge in [0.1, 0.15) is 0 Å². The zero-order valence-corrected chi connectivity index (χ0v) is 14.1. The maximum Gasteiger partial charge on any atom is 0.331 e. The molecule has 0 aliphatic carbocycles. The maximum absolute atomic E-state index is 12.3. The molecule has 0 saturated heterocycles. The van der Waals surface area contributed by atoms with Crippen molar-refractivity contribution in [1.82, 2.24) is 5.32 Å². The van der Waals surface area contributed by atoms with Crippen LogP contribution in [0.5, 0.6) is 0 Å². The van der Waals surface area contributed by atoms with E-state index in [4.69, 9.17) is 4.74 Å². The van der Waals surface area contributed by atoms with Gasteiger partial charge in [-0.2, -0.15) is 0 Å². The lowest BCUT2D eigenvalue weighted by atomic mass is 9.82. The molecule has 0 fully saturated rings. The Balaban J connectivity index is 2.35. The van der Waals surface area contributed by atoms with Gasteiger partial charge in [-0.15, -0.1) is 0 Å². The summed E-state index contributed by atoms with van der Waals surface area (Å²) in [5.74, 6) is -0.183. The van der Waals surface area contributed by atoms with Gasteiger partial charge in [0.05, 0.1) is 12.6 Å². The fourth-order valence-corrected chi connectivity index (χ4v) is 2.73. The fourth-order valence-electron chi connectivity index (χ4n) is 2.73. The molecule has 0 spiro atoms. The van der Waals surface area contributed by atoms with Crippen molar-refractivity contribution in [2.75, 3.05) is 6.61 Å². The summed E-state index contributed by atoms with van der Waals surface area (Å²) in [6.07, 6.45) is 4.30. The Morgan fingerprint density at radius 3 is 2.65 bits per heavy atom. The summed E-state index contributed by atoms with van der Waals surface area (Å²) in [4.78, 5) is 24.4. The molecule has 1 amide bonds. The van der Waals surface area contributed by atoms with Crippen LogP contribution in [-0.4, -0.2) is 24.5 Å². The van der Waals surface area contributed by atoms with Crippen LogP contribution < -0.4 is 5.32 Å². The van der Waals surface area contributed by atoms with Gasteiger partial charge >= 0.3 is 5.97 Å². The molecule has 1 heterocycles. The van der Waals surface area contributed by atoms with Gasteiger partial charge in [-0.1, -0.05) is 51.8 Å². The number of rotatable bonds is 6. The molecule has 0 bridgehead atoms. The van der Waals surface area contributed by atoms with Crippen molar-refractivity contribution in [3.05, 3.63) is 41.5 Å². The molecule has 1 aliphatic rings. The molecule has 4 heteroatoms. The number of hydrogen-bond acceptors (Lipinski definition) is 3. The van der Waals surface area contributed by atoms with Crippen LogP contribution in [0, 0.1) is 5.92 Å². The van der Waals surface area contributed by atoms with Gasteiger partial charge in [0.2, 0.25) is 0 Å². The quantitative estimate of drug-likeness (QED) is 0.496. The van der Waals surface area contributed by atoms with Crippen molar-refractivity contribution < 1.29 is 14.3 Å². The minimum atomic E-state index is -0.340. The third-order valence-corrected chi connectivity index (χ3v) is 4.33. The number of nitrogens with one attached hydrogen (secondary N) is 1. The second-order valence-electron chi connectivity index (χ2n) is 6.00. The number of hydrogen-bond donors (Lipinski definition) is 1. The first-order chi connectivity index (χ1) is 11.1. The maximum atomic E-state index is 12.3. The Bertz CT molecular complexity index is 606. The van der Waals surface area contributed by atoms with E-state index in [0.29, 0.717) is 12.2 Å². The first kappa shape index (κ1) is 17.3. The average Bonchev–Trinajstić information content (AvgIpc) is 2.57. The lowest BCUT2D eigenvalue weighted by Gasteiger charge is -2.32. The number of carbonyl (C=O) groups excluding carboxylic acids is 2. The third-order valence-electron chi connectivity index (χ3n) is 4.33. The predicted molar refractivity (Wildman–Crippen MR) is 91.0 cm³/mol. The van der Waals surface area contributed by atoms with Crippen molar-refractivity contribution in [3.8, 4) is 0 Å². The Morgan fingerprint density at radius 2 is 2.00 bits per heavy atom. The molecule has 1 N–H and O–H groups in total. The molecular formula is C19H25NO3. The normalized spacial score (nSPS) is 19.9. The van der Waals surface area contributed by atoms with Gasteiger partial charge in [0.25, 0.3) is 5.91 Å². The van der Waals surface area contributed by atoms with E-state index in [1.165, 1.54) is 0 Å². The highest BCUT2D eigenvalue weighted by Gasteiger charge is 2.31. The second-order valence-corrected chi connectivity index (χ2v) is 6.00. The molecule has 124 valence electrons. The zero-order chi connectivity index (χ0) is 16.8. The topological polar surface area (TPSA) is 55.4 Å². The van der Waals surface area contributed by atoms with E-state index in [1.54, 1.807) is 12.1 Å². The molecule has 1 unspecified atom stereocenters.